The number of methoxy groups -OCH3 is 1. The predicted molar refractivity (Wildman–Crippen MR) is 51.3 cm³/mol. The van der Waals surface area contributed by atoms with Crippen LogP contribution in [0.3, 0.4) is 0 Å². The molecule has 4 heteroatoms. The first-order valence-corrected chi connectivity index (χ1v) is 4.74. The van der Waals surface area contributed by atoms with Crippen LogP contribution in [0.1, 0.15) is 11.5 Å². The Morgan fingerprint density at radius 3 is 2.33 bits per heavy atom. The van der Waals surface area contributed by atoms with Crippen LogP contribution in [-0.4, -0.2) is 24.7 Å². The van der Waals surface area contributed by atoms with E-state index < -0.39 is 24.4 Å². The first kappa shape index (κ1) is 10.4. The molecule has 1 aromatic carbocycles. The summed E-state index contributed by atoms with van der Waals surface area (Å²) < 4.78 is 31.2. The molecule has 1 fully saturated rings. The van der Waals surface area contributed by atoms with Crippen LogP contribution >= 0.6 is 0 Å². The molecule has 0 aromatic heterocycles. The number of alkyl halides is 2. The van der Waals surface area contributed by atoms with Gasteiger partial charge in [0, 0.05) is 0 Å². The second-order valence-corrected chi connectivity index (χ2v) is 3.71. The highest BCUT2D eigenvalue weighted by Crippen LogP contribution is 2.61. The van der Waals surface area contributed by atoms with E-state index in [9.17, 15) is 8.78 Å². The number of aliphatic hydroxyl groups excluding tert-OH is 1. The predicted octanol–water partition coefficient (Wildman–Crippen LogP) is 2.04. The van der Waals surface area contributed by atoms with Gasteiger partial charge in [-0.25, -0.2) is 8.78 Å². The average Bonchev–Trinajstić information content (AvgIpc) is 2.80. The van der Waals surface area contributed by atoms with Crippen LogP contribution in [0.25, 0.3) is 0 Å². The molecule has 0 bridgehead atoms. The highest BCUT2D eigenvalue weighted by molar-refractivity contribution is 5.36. The lowest BCUT2D eigenvalue weighted by Gasteiger charge is -2.01. The molecule has 1 aliphatic carbocycles. The summed E-state index contributed by atoms with van der Waals surface area (Å²) in [6, 6.07) is 6.54. The van der Waals surface area contributed by atoms with E-state index in [0.29, 0.717) is 11.3 Å². The van der Waals surface area contributed by atoms with Crippen molar-refractivity contribution in [2.24, 2.45) is 5.92 Å². The third-order valence-corrected chi connectivity index (χ3v) is 2.87. The fourth-order valence-corrected chi connectivity index (χ4v) is 1.88. The summed E-state index contributed by atoms with van der Waals surface area (Å²) in [5.74, 6) is -3.88. The van der Waals surface area contributed by atoms with Gasteiger partial charge in [0.2, 0.25) is 0 Å². The molecule has 0 radical (unpaired) electrons. The van der Waals surface area contributed by atoms with Crippen molar-refractivity contribution in [1.29, 1.82) is 0 Å². The molecule has 0 amide bonds. The molecule has 0 heterocycles. The first-order valence-electron chi connectivity index (χ1n) is 4.74. The summed E-state index contributed by atoms with van der Waals surface area (Å²) >= 11 is 0. The molecule has 1 aromatic rings. The standard InChI is InChI=1S/C11H12F2O2/c1-15-8-4-2-7(3-5-8)10-9(6-14)11(10,12)13/h2-5,9-10,14H,6H2,1H3. The zero-order valence-corrected chi connectivity index (χ0v) is 8.28. The van der Waals surface area contributed by atoms with Gasteiger partial charge in [0.25, 0.3) is 5.92 Å². The second-order valence-electron chi connectivity index (χ2n) is 3.71. The van der Waals surface area contributed by atoms with Crippen LogP contribution in [0, 0.1) is 5.92 Å². The number of rotatable bonds is 3. The Bertz CT molecular complexity index is 348. The van der Waals surface area contributed by atoms with E-state index in [0.717, 1.165) is 0 Å². The lowest BCUT2D eigenvalue weighted by molar-refractivity contribution is 0.0785. The lowest BCUT2D eigenvalue weighted by atomic mass is 10.1. The minimum absolute atomic E-state index is 0.469. The summed E-state index contributed by atoms with van der Waals surface area (Å²) in [7, 11) is 1.53. The first-order chi connectivity index (χ1) is 7.11. The average molecular weight is 214 g/mol. The largest absolute Gasteiger partial charge is 0.497 e. The Balaban J connectivity index is 2.18. The lowest BCUT2D eigenvalue weighted by Crippen LogP contribution is -1.97. The molecule has 2 nitrogen and oxygen atoms in total. The zero-order valence-electron chi connectivity index (χ0n) is 8.28. The van der Waals surface area contributed by atoms with Gasteiger partial charge in [0.15, 0.2) is 0 Å². The van der Waals surface area contributed by atoms with Crippen molar-refractivity contribution in [1.82, 2.24) is 0 Å². The minimum atomic E-state index is -2.76. The molecule has 2 rings (SSSR count). The van der Waals surface area contributed by atoms with Gasteiger partial charge >= 0.3 is 0 Å². The number of ether oxygens (including phenoxy) is 1. The number of hydrogen-bond acceptors (Lipinski definition) is 2. The van der Waals surface area contributed by atoms with Gasteiger partial charge in [-0.15, -0.1) is 0 Å². The number of benzene rings is 1. The van der Waals surface area contributed by atoms with Crippen molar-refractivity contribution in [2.45, 2.75) is 11.8 Å². The highest BCUT2D eigenvalue weighted by atomic mass is 19.3. The van der Waals surface area contributed by atoms with Gasteiger partial charge < -0.3 is 9.84 Å². The van der Waals surface area contributed by atoms with E-state index >= 15 is 0 Å². The van der Waals surface area contributed by atoms with Crippen LogP contribution in [0.2, 0.25) is 0 Å². The maximum absolute atomic E-state index is 13.1. The van der Waals surface area contributed by atoms with Crippen molar-refractivity contribution in [3.05, 3.63) is 29.8 Å². The Labute approximate surface area is 86.5 Å². The van der Waals surface area contributed by atoms with Crippen LogP contribution in [0.5, 0.6) is 5.75 Å². The summed E-state index contributed by atoms with van der Waals surface area (Å²) in [4.78, 5) is 0. The molecule has 1 aliphatic rings. The number of aliphatic hydroxyl groups is 1. The third kappa shape index (κ3) is 1.59. The normalized spacial score (nSPS) is 27.5. The quantitative estimate of drug-likeness (QED) is 0.834. The summed E-state index contributed by atoms with van der Waals surface area (Å²) in [6.45, 7) is -0.469. The molecule has 0 spiro atoms. The van der Waals surface area contributed by atoms with Crippen LogP contribution in [-0.2, 0) is 0 Å². The van der Waals surface area contributed by atoms with E-state index in [2.05, 4.69) is 0 Å². The molecular formula is C11H12F2O2. The number of hydrogen-bond donors (Lipinski definition) is 1. The molecule has 0 saturated heterocycles. The SMILES string of the molecule is COc1ccc(C2C(CO)C2(F)F)cc1. The topological polar surface area (TPSA) is 29.5 Å². The Kier molecular flexibility index (Phi) is 2.38. The van der Waals surface area contributed by atoms with Gasteiger partial charge in [0.1, 0.15) is 5.75 Å². The molecule has 1 saturated carbocycles. The van der Waals surface area contributed by atoms with Gasteiger partial charge in [-0.3, -0.25) is 0 Å². The van der Waals surface area contributed by atoms with E-state index in [1.165, 1.54) is 7.11 Å². The van der Waals surface area contributed by atoms with Gasteiger partial charge in [-0.05, 0) is 17.7 Å². The molecular weight excluding hydrogens is 202 g/mol. The van der Waals surface area contributed by atoms with Crippen molar-refractivity contribution in [3.8, 4) is 5.75 Å². The maximum Gasteiger partial charge on any atom is 0.261 e. The molecule has 82 valence electrons. The summed E-state index contributed by atoms with van der Waals surface area (Å²) in [5.41, 5.74) is 0.555. The van der Waals surface area contributed by atoms with Crippen molar-refractivity contribution in [3.63, 3.8) is 0 Å². The fraction of sp³-hybridized carbons (Fsp3) is 0.455. The van der Waals surface area contributed by atoms with Gasteiger partial charge in [-0.1, -0.05) is 12.1 Å². The maximum atomic E-state index is 13.1. The summed E-state index contributed by atoms with van der Waals surface area (Å²) in [6.07, 6.45) is 0. The van der Waals surface area contributed by atoms with Gasteiger partial charge in [0.05, 0.1) is 25.6 Å². The monoisotopic (exact) mass is 214 g/mol. The van der Waals surface area contributed by atoms with Crippen molar-refractivity contribution < 1.29 is 18.6 Å². The molecule has 2 unspecified atom stereocenters. The Morgan fingerprint density at radius 1 is 1.33 bits per heavy atom. The zero-order chi connectivity index (χ0) is 11.1. The second kappa shape index (κ2) is 3.45. The minimum Gasteiger partial charge on any atom is -0.497 e. The van der Waals surface area contributed by atoms with Crippen molar-refractivity contribution >= 4 is 0 Å². The summed E-state index contributed by atoms with van der Waals surface area (Å²) in [5, 5.41) is 8.77. The Hall–Kier alpha value is -1.16. The highest BCUT2D eigenvalue weighted by Gasteiger charge is 2.68. The molecule has 15 heavy (non-hydrogen) atoms. The van der Waals surface area contributed by atoms with E-state index in [4.69, 9.17) is 9.84 Å². The molecule has 0 aliphatic heterocycles. The van der Waals surface area contributed by atoms with Crippen molar-refractivity contribution in [2.75, 3.05) is 13.7 Å². The smallest absolute Gasteiger partial charge is 0.261 e. The van der Waals surface area contributed by atoms with E-state index in [1.807, 2.05) is 0 Å². The van der Waals surface area contributed by atoms with Crippen LogP contribution in [0.15, 0.2) is 24.3 Å². The van der Waals surface area contributed by atoms with Crippen LogP contribution in [0.4, 0.5) is 8.78 Å². The third-order valence-electron chi connectivity index (χ3n) is 2.87. The van der Waals surface area contributed by atoms with E-state index in [1.54, 1.807) is 24.3 Å². The molecule has 1 N–H and O–H groups in total. The fourth-order valence-electron chi connectivity index (χ4n) is 1.88. The van der Waals surface area contributed by atoms with E-state index in [-0.39, 0.29) is 0 Å². The van der Waals surface area contributed by atoms with Crippen LogP contribution < -0.4 is 4.74 Å². The molecule has 2 atom stereocenters. The Morgan fingerprint density at radius 2 is 1.93 bits per heavy atom. The van der Waals surface area contributed by atoms with Gasteiger partial charge in [-0.2, -0.15) is 0 Å². The number of halogens is 2.